The Hall–Kier alpha value is -8.90. The third kappa shape index (κ3) is 7.12. The molecule has 0 aliphatic carbocycles. The number of para-hydroxylation sites is 2. The van der Waals surface area contributed by atoms with E-state index in [1.165, 1.54) is 9.13 Å². The molecule has 12 rings (SSSR count). The first kappa shape index (κ1) is 43.4. The number of aromatic nitrogens is 4. The zero-order valence-electron chi connectivity index (χ0n) is 36.8. The zero-order chi connectivity index (χ0) is 48.7. The minimum absolute atomic E-state index is 0.275. The highest BCUT2D eigenvalue weighted by molar-refractivity contribution is 6.12. The summed E-state index contributed by atoms with van der Waals surface area (Å²) in [5.41, 5.74) is 2.31. The number of alkyl halides is 3. The van der Waals surface area contributed by atoms with Crippen LogP contribution in [0.2, 0.25) is 0 Å². The fourth-order valence-electron chi connectivity index (χ4n) is 9.79. The van der Waals surface area contributed by atoms with E-state index in [1.807, 2.05) is 84.9 Å². The molecule has 0 aliphatic rings. The van der Waals surface area contributed by atoms with Crippen molar-refractivity contribution < 1.29 is 35.1 Å². The molecule has 0 spiro atoms. The van der Waals surface area contributed by atoms with Gasteiger partial charge in [-0.15, -0.1) is 0 Å². The first-order valence-electron chi connectivity index (χ1n) is 22.3. The number of pyridine rings is 2. The van der Waals surface area contributed by atoms with Crippen LogP contribution in [0.5, 0.6) is 0 Å². The van der Waals surface area contributed by atoms with Crippen molar-refractivity contribution in [3.05, 3.63) is 229 Å². The van der Waals surface area contributed by atoms with Crippen LogP contribution in [-0.4, -0.2) is 19.1 Å². The predicted molar refractivity (Wildman–Crippen MR) is 263 cm³/mol. The van der Waals surface area contributed by atoms with Gasteiger partial charge in [-0.05, 0) is 82.9 Å². The van der Waals surface area contributed by atoms with Crippen molar-refractivity contribution in [3.63, 3.8) is 0 Å². The molecule has 344 valence electrons. The van der Waals surface area contributed by atoms with Gasteiger partial charge < -0.3 is 9.13 Å². The zero-order valence-corrected chi connectivity index (χ0v) is 36.8. The van der Waals surface area contributed by atoms with Crippen LogP contribution in [-0.2, 0) is 6.18 Å². The summed E-state index contributed by atoms with van der Waals surface area (Å²) >= 11 is 0. The van der Waals surface area contributed by atoms with Gasteiger partial charge in [0, 0.05) is 50.6 Å². The molecule has 0 saturated heterocycles. The van der Waals surface area contributed by atoms with E-state index in [0.717, 1.165) is 23.3 Å². The molecule has 0 N–H and O–H groups in total. The fourth-order valence-corrected chi connectivity index (χ4v) is 9.79. The van der Waals surface area contributed by atoms with Crippen molar-refractivity contribution in [2.24, 2.45) is 0 Å². The van der Waals surface area contributed by atoms with Gasteiger partial charge in [-0.3, -0.25) is 9.97 Å². The van der Waals surface area contributed by atoms with Crippen LogP contribution in [0.3, 0.4) is 0 Å². The quantitative estimate of drug-likeness (QED) is 0.0907. The molecule has 0 aliphatic heterocycles. The SMILES string of the molecule is Fc1c(F)c(F)c(-c2cc(-n3c4ccccc4c4ccc(-c5ccnc(-c6ccccc6)c5)cc43)c(C(F)(F)F)cc2-n2c3ccccc3c3ccc(-c4ccnc(-c5ccccc5)c4)cc32)c(F)c1F. The van der Waals surface area contributed by atoms with E-state index in [2.05, 4.69) is 9.97 Å². The molecule has 0 fully saturated rings. The summed E-state index contributed by atoms with van der Waals surface area (Å²) in [7, 11) is 0. The fraction of sp³-hybridized carbons (Fsp3) is 0.0169. The lowest BCUT2D eigenvalue weighted by atomic mass is 9.96. The summed E-state index contributed by atoms with van der Waals surface area (Å²) in [6.45, 7) is 0. The maximum atomic E-state index is 16.5. The lowest BCUT2D eigenvalue weighted by Crippen LogP contribution is -2.14. The number of nitrogens with zero attached hydrogens (tertiary/aromatic N) is 4. The number of rotatable bonds is 7. The van der Waals surface area contributed by atoms with Gasteiger partial charge in [-0.25, -0.2) is 22.0 Å². The minimum Gasteiger partial charge on any atom is -0.309 e. The van der Waals surface area contributed by atoms with Gasteiger partial charge in [0.15, 0.2) is 23.3 Å². The Kier molecular flexibility index (Phi) is 10.2. The van der Waals surface area contributed by atoms with Crippen LogP contribution < -0.4 is 0 Å². The second-order valence-electron chi connectivity index (χ2n) is 17.1. The highest BCUT2D eigenvalue weighted by atomic mass is 19.4. The molecule has 12 aromatic rings. The largest absolute Gasteiger partial charge is 0.418 e. The monoisotopic (exact) mass is 948 g/mol. The molecule has 71 heavy (non-hydrogen) atoms. The molecule has 0 amide bonds. The van der Waals surface area contributed by atoms with E-state index >= 15 is 30.7 Å². The molecule has 4 nitrogen and oxygen atoms in total. The van der Waals surface area contributed by atoms with E-state index in [-0.39, 0.29) is 11.0 Å². The molecule has 4 heterocycles. The first-order valence-corrected chi connectivity index (χ1v) is 22.3. The van der Waals surface area contributed by atoms with Crippen molar-refractivity contribution in [2.45, 2.75) is 6.18 Å². The van der Waals surface area contributed by atoms with Gasteiger partial charge in [-0.2, -0.15) is 13.2 Å². The average Bonchev–Trinajstić information content (AvgIpc) is 3.92. The molecule has 0 bridgehead atoms. The Morgan fingerprint density at radius 1 is 0.338 bits per heavy atom. The summed E-state index contributed by atoms with van der Waals surface area (Å²) in [5.74, 6) is -11.3. The molecule has 12 heteroatoms. The number of fused-ring (bicyclic) bond motifs is 6. The maximum absolute atomic E-state index is 16.5. The Morgan fingerprint density at radius 2 is 0.746 bits per heavy atom. The van der Waals surface area contributed by atoms with Gasteiger partial charge >= 0.3 is 6.18 Å². The van der Waals surface area contributed by atoms with E-state index in [9.17, 15) is 4.39 Å². The first-order chi connectivity index (χ1) is 34.4. The molecule has 4 aromatic heterocycles. The number of benzene rings is 8. The summed E-state index contributed by atoms with van der Waals surface area (Å²) < 4.78 is 130. The summed E-state index contributed by atoms with van der Waals surface area (Å²) in [6, 6.07) is 51.8. The molecule has 0 atom stereocenters. The van der Waals surface area contributed by atoms with E-state index in [0.29, 0.717) is 66.2 Å². The van der Waals surface area contributed by atoms with Crippen LogP contribution in [0.4, 0.5) is 35.1 Å². The summed E-state index contributed by atoms with van der Waals surface area (Å²) in [6.07, 6.45) is -1.90. The minimum atomic E-state index is -5.15. The Bertz CT molecular complexity index is 4080. The van der Waals surface area contributed by atoms with Gasteiger partial charge in [0.2, 0.25) is 5.82 Å². The van der Waals surface area contributed by atoms with Crippen LogP contribution in [0.25, 0.3) is 111 Å². The topological polar surface area (TPSA) is 35.6 Å². The second kappa shape index (κ2) is 16.7. The Labute approximate surface area is 399 Å². The summed E-state index contributed by atoms with van der Waals surface area (Å²) in [4.78, 5) is 9.07. The van der Waals surface area contributed by atoms with Gasteiger partial charge in [0.05, 0.1) is 56.0 Å². The Morgan fingerprint density at radius 3 is 1.23 bits per heavy atom. The van der Waals surface area contributed by atoms with E-state index in [4.69, 9.17) is 0 Å². The van der Waals surface area contributed by atoms with Crippen LogP contribution >= 0.6 is 0 Å². The van der Waals surface area contributed by atoms with Gasteiger partial charge in [0.1, 0.15) is 0 Å². The van der Waals surface area contributed by atoms with Crippen molar-refractivity contribution in [1.29, 1.82) is 0 Å². The molecule has 0 radical (unpaired) electrons. The standard InChI is InChI=1S/C59H32F8N4/c60-54-53(55(61)57(63)58(64)56(54)62)43-31-52(71-48-18-10-8-16-40(48)42-22-20-36(30-50(42)71)38-24-26-69-46(28-38)34-13-5-2-6-14-34)44(59(65,66)67)32-51(43)70-47-17-9-7-15-39(47)41-21-19-35(29-49(41)70)37-23-25-68-45(27-37)33-11-3-1-4-12-33/h1-32H. The summed E-state index contributed by atoms with van der Waals surface area (Å²) in [5, 5.41) is 2.18. The van der Waals surface area contributed by atoms with E-state index in [1.54, 1.807) is 97.3 Å². The number of halogens is 8. The lowest BCUT2D eigenvalue weighted by molar-refractivity contribution is -0.137. The molecular weight excluding hydrogens is 917 g/mol. The van der Waals surface area contributed by atoms with Crippen molar-refractivity contribution in [3.8, 4) is 67.3 Å². The van der Waals surface area contributed by atoms with Crippen LogP contribution in [0, 0.1) is 29.1 Å². The molecule has 0 saturated carbocycles. The van der Waals surface area contributed by atoms with Crippen molar-refractivity contribution in [2.75, 3.05) is 0 Å². The molecule has 0 unspecified atom stereocenters. The number of hydrogen-bond acceptors (Lipinski definition) is 2. The van der Waals surface area contributed by atoms with E-state index < -0.39 is 63.3 Å². The predicted octanol–water partition coefficient (Wildman–Crippen LogP) is 16.7. The lowest BCUT2D eigenvalue weighted by Gasteiger charge is -2.23. The van der Waals surface area contributed by atoms with Crippen molar-refractivity contribution in [1.82, 2.24) is 19.1 Å². The second-order valence-corrected chi connectivity index (χ2v) is 17.1. The molecule has 8 aromatic carbocycles. The average molecular weight is 949 g/mol. The van der Waals surface area contributed by atoms with Crippen molar-refractivity contribution >= 4 is 43.6 Å². The van der Waals surface area contributed by atoms with Gasteiger partial charge in [0.25, 0.3) is 0 Å². The van der Waals surface area contributed by atoms with Crippen LogP contribution in [0.1, 0.15) is 5.56 Å². The maximum Gasteiger partial charge on any atom is 0.418 e. The third-order valence-corrected chi connectivity index (χ3v) is 13.1. The highest BCUT2D eigenvalue weighted by Crippen LogP contribution is 2.47. The highest BCUT2D eigenvalue weighted by Gasteiger charge is 2.38. The number of hydrogen-bond donors (Lipinski definition) is 0. The normalized spacial score (nSPS) is 11.9. The van der Waals surface area contributed by atoms with Crippen LogP contribution in [0.15, 0.2) is 194 Å². The molecular formula is C59H32F8N4. The Balaban J connectivity index is 1.17. The smallest absolute Gasteiger partial charge is 0.309 e. The van der Waals surface area contributed by atoms with Gasteiger partial charge in [-0.1, -0.05) is 121 Å². The third-order valence-electron chi connectivity index (χ3n) is 13.1.